The predicted molar refractivity (Wildman–Crippen MR) is 83.7 cm³/mol. The molecule has 0 atom stereocenters. The number of hydrogen-bond donors (Lipinski definition) is 0. The van der Waals surface area contributed by atoms with E-state index in [-0.39, 0.29) is 5.78 Å². The third-order valence-corrected chi connectivity index (χ3v) is 3.71. The van der Waals surface area contributed by atoms with Gasteiger partial charge in [0.1, 0.15) is 5.69 Å². The van der Waals surface area contributed by atoms with E-state index in [0.29, 0.717) is 11.3 Å². The zero-order valence-electron chi connectivity index (χ0n) is 11.3. The quantitative estimate of drug-likeness (QED) is 0.684. The van der Waals surface area contributed by atoms with Crippen molar-refractivity contribution in [1.29, 1.82) is 0 Å². The average molecular weight is 342 g/mol. The molecule has 0 fully saturated rings. The molecule has 1 heterocycles. The van der Waals surface area contributed by atoms with Crippen molar-refractivity contribution in [3.63, 3.8) is 0 Å². The van der Waals surface area contributed by atoms with Crippen LogP contribution in [0.2, 0.25) is 0 Å². The predicted octanol–water partition coefficient (Wildman–Crippen LogP) is 3.57. The zero-order valence-corrected chi connectivity index (χ0v) is 12.9. The molecule has 0 spiro atoms. The third-order valence-electron chi connectivity index (χ3n) is 3.22. The lowest BCUT2D eigenvalue weighted by Gasteiger charge is -2.07. The molecule has 0 N–H and O–H groups in total. The number of halogens is 1. The van der Waals surface area contributed by atoms with Crippen molar-refractivity contribution >= 4 is 21.7 Å². The second-order valence-corrected chi connectivity index (χ2v) is 5.57. The van der Waals surface area contributed by atoms with Gasteiger partial charge in [0.2, 0.25) is 5.78 Å². The van der Waals surface area contributed by atoms with Crippen LogP contribution in [0.1, 0.15) is 21.6 Å². The van der Waals surface area contributed by atoms with Crippen molar-refractivity contribution in [2.24, 2.45) is 0 Å². The van der Waals surface area contributed by atoms with Gasteiger partial charge in [-0.1, -0.05) is 39.3 Å². The summed E-state index contributed by atoms with van der Waals surface area (Å²) < 4.78 is 2.51. The molecule has 0 bridgehead atoms. The number of carbonyl (C=O) groups excluding carboxylic acids is 1. The van der Waals surface area contributed by atoms with Gasteiger partial charge < -0.3 is 0 Å². The molecule has 0 saturated heterocycles. The molecule has 2 aromatic carbocycles. The summed E-state index contributed by atoms with van der Waals surface area (Å²) in [6, 6.07) is 15.1. The Bertz CT molecular complexity index is 796. The summed E-state index contributed by atoms with van der Waals surface area (Å²) in [5, 5.41) is 7.89. The van der Waals surface area contributed by atoms with Crippen LogP contribution < -0.4 is 0 Å². The third kappa shape index (κ3) is 2.64. The normalized spacial score (nSPS) is 10.6. The maximum Gasteiger partial charge on any atom is 0.213 e. The van der Waals surface area contributed by atoms with Gasteiger partial charge in [0, 0.05) is 10.0 Å². The molecular weight excluding hydrogens is 330 g/mol. The van der Waals surface area contributed by atoms with Crippen LogP contribution in [0.15, 0.2) is 59.2 Å². The molecule has 1 aromatic heterocycles. The van der Waals surface area contributed by atoms with Crippen molar-refractivity contribution in [3.8, 4) is 5.69 Å². The minimum absolute atomic E-state index is 0.0890. The molecule has 4 nitrogen and oxygen atoms in total. The Morgan fingerprint density at radius 1 is 1.14 bits per heavy atom. The lowest BCUT2D eigenvalue weighted by Crippen LogP contribution is -2.11. The summed E-state index contributed by atoms with van der Waals surface area (Å²) in [5.74, 6) is -0.0890. The van der Waals surface area contributed by atoms with E-state index in [4.69, 9.17) is 0 Å². The highest BCUT2D eigenvalue weighted by molar-refractivity contribution is 9.10. The lowest BCUT2D eigenvalue weighted by molar-refractivity contribution is 0.103. The van der Waals surface area contributed by atoms with Crippen molar-refractivity contribution in [1.82, 2.24) is 15.0 Å². The zero-order chi connectivity index (χ0) is 14.8. The van der Waals surface area contributed by atoms with Crippen molar-refractivity contribution < 1.29 is 4.79 Å². The standard InChI is InChI=1S/C16H12BrN3O/c1-11-9-12(17)7-8-14(11)16(21)15-10-18-19-20(15)13-5-3-2-4-6-13/h2-10H,1H3. The van der Waals surface area contributed by atoms with Crippen LogP contribution in [0.5, 0.6) is 0 Å². The van der Waals surface area contributed by atoms with Crippen LogP contribution in [0, 0.1) is 6.92 Å². The molecule has 21 heavy (non-hydrogen) atoms. The SMILES string of the molecule is Cc1cc(Br)ccc1C(=O)c1cnnn1-c1ccccc1. The number of aryl methyl sites for hydroxylation is 1. The van der Waals surface area contributed by atoms with Gasteiger partial charge in [-0.3, -0.25) is 4.79 Å². The number of nitrogens with zero attached hydrogens (tertiary/aromatic N) is 3. The fourth-order valence-corrected chi connectivity index (χ4v) is 2.65. The maximum absolute atomic E-state index is 12.7. The summed E-state index contributed by atoms with van der Waals surface area (Å²) in [5.41, 5.74) is 2.83. The number of aromatic nitrogens is 3. The first kappa shape index (κ1) is 13.7. The highest BCUT2D eigenvalue weighted by atomic mass is 79.9. The van der Waals surface area contributed by atoms with Gasteiger partial charge in [0.25, 0.3) is 0 Å². The molecule has 0 unspecified atom stereocenters. The van der Waals surface area contributed by atoms with Crippen LogP contribution in [-0.4, -0.2) is 20.8 Å². The van der Waals surface area contributed by atoms with E-state index in [2.05, 4.69) is 26.2 Å². The van der Waals surface area contributed by atoms with Gasteiger partial charge in [-0.05, 0) is 42.8 Å². The van der Waals surface area contributed by atoms with Gasteiger partial charge in [-0.2, -0.15) is 0 Å². The van der Waals surface area contributed by atoms with Crippen molar-refractivity contribution in [3.05, 3.63) is 76.0 Å². The summed E-state index contributed by atoms with van der Waals surface area (Å²) in [6.45, 7) is 1.91. The van der Waals surface area contributed by atoms with Gasteiger partial charge in [-0.15, -0.1) is 5.10 Å². The first-order chi connectivity index (χ1) is 10.2. The lowest BCUT2D eigenvalue weighted by atomic mass is 10.0. The summed E-state index contributed by atoms with van der Waals surface area (Å²) in [7, 11) is 0. The number of para-hydroxylation sites is 1. The largest absolute Gasteiger partial charge is 0.287 e. The molecule has 0 aliphatic rings. The fourth-order valence-electron chi connectivity index (χ4n) is 2.17. The molecule has 0 aliphatic heterocycles. The summed E-state index contributed by atoms with van der Waals surface area (Å²) in [4.78, 5) is 12.7. The van der Waals surface area contributed by atoms with Crippen LogP contribution in [0.4, 0.5) is 0 Å². The van der Waals surface area contributed by atoms with Gasteiger partial charge in [0.15, 0.2) is 0 Å². The highest BCUT2D eigenvalue weighted by Crippen LogP contribution is 2.20. The second-order valence-electron chi connectivity index (χ2n) is 4.65. The molecule has 3 rings (SSSR count). The van der Waals surface area contributed by atoms with E-state index in [0.717, 1.165) is 15.7 Å². The van der Waals surface area contributed by atoms with Crippen molar-refractivity contribution in [2.45, 2.75) is 6.92 Å². The Kier molecular flexibility index (Phi) is 3.66. The minimum atomic E-state index is -0.0890. The van der Waals surface area contributed by atoms with E-state index in [9.17, 15) is 4.79 Å². The maximum atomic E-state index is 12.7. The van der Waals surface area contributed by atoms with Gasteiger partial charge >= 0.3 is 0 Å². The van der Waals surface area contributed by atoms with Crippen LogP contribution in [0.3, 0.4) is 0 Å². The Morgan fingerprint density at radius 3 is 2.62 bits per heavy atom. The molecular formula is C16H12BrN3O. The van der Waals surface area contributed by atoms with Gasteiger partial charge in [0.05, 0.1) is 11.9 Å². The first-order valence-electron chi connectivity index (χ1n) is 6.44. The topological polar surface area (TPSA) is 47.8 Å². The molecule has 0 saturated carbocycles. The Hall–Kier alpha value is -2.27. The fraction of sp³-hybridized carbons (Fsp3) is 0.0625. The summed E-state index contributed by atoms with van der Waals surface area (Å²) >= 11 is 3.40. The number of benzene rings is 2. The molecule has 3 aromatic rings. The number of rotatable bonds is 3. The minimum Gasteiger partial charge on any atom is -0.287 e. The Labute approximate surface area is 130 Å². The van der Waals surface area contributed by atoms with E-state index in [1.165, 1.54) is 6.20 Å². The molecule has 0 amide bonds. The average Bonchev–Trinajstić information content (AvgIpc) is 2.97. The molecule has 104 valence electrons. The van der Waals surface area contributed by atoms with Crippen LogP contribution in [-0.2, 0) is 0 Å². The van der Waals surface area contributed by atoms with E-state index >= 15 is 0 Å². The van der Waals surface area contributed by atoms with E-state index < -0.39 is 0 Å². The van der Waals surface area contributed by atoms with E-state index in [1.54, 1.807) is 4.68 Å². The number of hydrogen-bond acceptors (Lipinski definition) is 3. The van der Waals surface area contributed by atoms with Gasteiger partial charge in [-0.25, -0.2) is 4.68 Å². The molecule has 5 heteroatoms. The van der Waals surface area contributed by atoms with Crippen LogP contribution in [0.25, 0.3) is 5.69 Å². The Morgan fingerprint density at radius 2 is 1.90 bits per heavy atom. The Balaban J connectivity index is 2.06. The second kappa shape index (κ2) is 5.61. The molecule has 0 radical (unpaired) electrons. The highest BCUT2D eigenvalue weighted by Gasteiger charge is 2.18. The monoisotopic (exact) mass is 341 g/mol. The molecule has 0 aliphatic carbocycles. The van der Waals surface area contributed by atoms with Crippen LogP contribution >= 0.6 is 15.9 Å². The number of ketones is 1. The smallest absolute Gasteiger partial charge is 0.213 e. The van der Waals surface area contributed by atoms with E-state index in [1.807, 2.05) is 55.5 Å². The number of carbonyl (C=O) groups is 1. The van der Waals surface area contributed by atoms with Crippen molar-refractivity contribution in [2.75, 3.05) is 0 Å². The first-order valence-corrected chi connectivity index (χ1v) is 7.23. The summed E-state index contributed by atoms with van der Waals surface area (Å²) in [6.07, 6.45) is 1.50.